The first-order valence-corrected chi connectivity index (χ1v) is 12.6. The number of benzene rings is 2. The number of rotatable bonds is 8. The Labute approximate surface area is 189 Å². The first-order valence-electron chi connectivity index (χ1n) is 9.31. The fourth-order valence-electron chi connectivity index (χ4n) is 2.98. The normalized spacial score (nSPS) is 12.8. The molecule has 0 spiro atoms. The van der Waals surface area contributed by atoms with E-state index in [1.165, 1.54) is 41.6 Å². The van der Waals surface area contributed by atoms with Gasteiger partial charge in [0.1, 0.15) is 6.04 Å². The second-order valence-corrected chi connectivity index (χ2v) is 10.0. The first-order chi connectivity index (χ1) is 14.6. The highest BCUT2D eigenvalue weighted by atomic mass is 35.5. The van der Waals surface area contributed by atoms with Crippen LogP contribution in [0.1, 0.15) is 12.0 Å². The van der Waals surface area contributed by atoms with Gasteiger partial charge in [-0.25, -0.2) is 13.2 Å². The molecule has 0 radical (unpaired) electrons. The molecule has 8 nitrogen and oxygen atoms in total. The average Bonchev–Trinajstić information content (AvgIpc) is 3.01. The fraction of sp³-hybridized carbons (Fsp3) is 0.300. The van der Waals surface area contributed by atoms with Crippen molar-refractivity contribution < 1.29 is 17.6 Å². The highest BCUT2D eigenvalue weighted by Gasteiger charge is 2.26. The zero-order chi connectivity index (χ0) is 22.8. The molecule has 0 aliphatic heterocycles. The largest absolute Gasteiger partial charge is 0.419 e. The van der Waals surface area contributed by atoms with Gasteiger partial charge in [-0.05, 0) is 55.2 Å². The van der Waals surface area contributed by atoms with Gasteiger partial charge in [0.25, 0.3) is 0 Å². The molecule has 1 amide bonds. The summed E-state index contributed by atoms with van der Waals surface area (Å²) < 4.78 is 34.8. The third kappa shape index (κ3) is 5.15. The summed E-state index contributed by atoms with van der Waals surface area (Å²) in [5.74, 6) is -0.510. The number of thioether (sulfide) groups is 1. The molecule has 2 aromatic carbocycles. The standard InChI is InChI=1S/C20H22ClN3O5S2/c1-12-14(21)5-4-6-15(12)22-19(25)16(9-10-30-3)23-31(27,28)13-7-8-17-18(11-13)29-20(26)24(17)2/h4-8,11,16,23H,9-10H2,1-3H3,(H,22,25)/t16-/m0/s1. The number of anilines is 1. The van der Waals surface area contributed by atoms with Crippen molar-refractivity contribution in [3.63, 3.8) is 0 Å². The number of amides is 1. The predicted octanol–water partition coefficient (Wildman–Crippen LogP) is 3.13. The van der Waals surface area contributed by atoms with Gasteiger partial charge in [0.05, 0.1) is 10.4 Å². The summed E-state index contributed by atoms with van der Waals surface area (Å²) in [6.07, 6.45) is 2.16. The number of carbonyl (C=O) groups is 1. The number of carbonyl (C=O) groups excluding carboxylic acids is 1. The molecule has 0 bridgehead atoms. The van der Waals surface area contributed by atoms with Gasteiger partial charge in [0, 0.05) is 23.8 Å². The Bertz CT molecular complexity index is 1280. The minimum absolute atomic E-state index is 0.102. The Balaban J connectivity index is 1.87. The van der Waals surface area contributed by atoms with Gasteiger partial charge in [-0.2, -0.15) is 16.5 Å². The van der Waals surface area contributed by atoms with Gasteiger partial charge in [0.15, 0.2) is 5.58 Å². The topological polar surface area (TPSA) is 110 Å². The van der Waals surface area contributed by atoms with Crippen molar-refractivity contribution in [1.29, 1.82) is 0 Å². The van der Waals surface area contributed by atoms with E-state index in [1.807, 2.05) is 6.26 Å². The molecule has 2 N–H and O–H groups in total. The van der Waals surface area contributed by atoms with Gasteiger partial charge < -0.3 is 9.73 Å². The van der Waals surface area contributed by atoms with E-state index >= 15 is 0 Å². The lowest BCUT2D eigenvalue weighted by molar-refractivity contribution is -0.117. The van der Waals surface area contributed by atoms with Crippen LogP contribution in [0.2, 0.25) is 5.02 Å². The number of hydrogen-bond donors (Lipinski definition) is 2. The van der Waals surface area contributed by atoms with E-state index in [-0.39, 0.29) is 16.9 Å². The van der Waals surface area contributed by atoms with Gasteiger partial charge in [-0.3, -0.25) is 9.36 Å². The number of hydrogen-bond acceptors (Lipinski definition) is 6. The van der Waals surface area contributed by atoms with E-state index in [2.05, 4.69) is 10.0 Å². The van der Waals surface area contributed by atoms with Crippen molar-refractivity contribution in [3.8, 4) is 0 Å². The molecule has 3 aromatic rings. The molecule has 166 valence electrons. The van der Waals surface area contributed by atoms with Crippen LogP contribution in [0.5, 0.6) is 0 Å². The molecular weight excluding hydrogens is 462 g/mol. The molecule has 0 aliphatic carbocycles. The maximum Gasteiger partial charge on any atom is 0.419 e. The number of aromatic nitrogens is 1. The number of nitrogens with one attached hydrogen (secondary N) is 2. The lowest BCUT2D eigenvalue weighted by Gasteiger charge is -2.19. The fourth-order valence-corrected chi connectivity index (χ4v) is 4.87. The number of oxazole rings is 1. The lowest BCUT2D eigenvalue weighted by Crippen LogP contribution is -2.44. The molecule has 0 saturated carbocycles. The van der Waals surface area contributed by atoms with Crippen LogP contribution < -0.4 is 15.8 Å². The van der Waals surface area contributed by atoms with Crippen LogP contribution in [0.25, 0.3) is 11.1 Å². The number of halogens is 1. The van der Waals surface area contributed by atoms with Crippen LogP contribution in [-0.2, 0) is 21.9 Å². The summed E-state index contributed by atoms with van der Waals surface area (Å²) in [4.78, 5) is 24.5. The van der Waals surface area contributed by atoms with Gasteiger partial charge in [-0.1, -0.05) is 17.7 Å². The zero-order valence-corrected chi connectivity index (χ0v) is 19.5. The van der Waals surface area contributed by atoms with Crippen LogP contribution in [0.4, 0.5) is 5.69 Å². The van der Waals surface area contributed by atoms with E-state index in [4.69, 9.17) is 16.0 Å². The van der Waals surface area contributed by atoms with Gasteiger partial charge in [-0.15, -0.1) is 0 Å². The molecule has 3 rings (SSSR count). The second-order valence-electron chi connectivity index (χ2n) is 6.91. The van der Waals surface area contributed by atoms with Crippen LogP contribution in [0.3, 0.4) is 0 Å². The minimum Gasteiger partial charge on any atom is -0.408 e. The average molecular weight is 484 g/mol. The van der Waals surface area contributed by atoms with Crippen molar-refractivity contribution >= 4 is 56.1 Å². The molecule has 1 atom stereocenters. The maximum atomic E-state index is 13.0. The highest BCUT2D eigenvalue weighted by molar-refractivity contribution is 7.98. The summed E-state index contributed by atoms with van der Waals surface area (Å²) in [5.41, 5.74) is 1.82. The van der Waals surface area contributed by atoms with Crippen molar-refractivity contribution in [2.24, 2.45) is 7.05 Å². The molecule has 0 fully saturated rings. The quantitative estimate of drug-likeness (QED) is 0.509. The van der Waals surface area contributed by atoms with E-state index in [0.717, 1.165) is 0 Å². The number of aryl methyl sites for hydroxylation is 1. The van der Waals surface area contributed by atoms with Crippen molar-refractivity contribution in [2.45, 2.75) is 24.3 Å². The number of fused-ring (bicyclic) bond motifs is 1. The Kier molecular flexibility index (Phi) is 7.15. The monoisotopic (exact) mass is 483 g/mol. The maximum absolute atomic E-state index is 13.0. The Morgan fingerprint density at radius 1 is 1.29 bits per heavy atom. The molecule has 0 saturated heterocycles. The summed E-state index contributed by atoms with van der Waals surface area (Å²) in [6.45, 7) is 1.77. The van der Waals surface area contributed by atoms with Crippen LogP contribution >= 0.6 is 23.4 Å². The third-order valence-corrected chi connectivity index (χ3v) is 7.35. The summed E-state index contributed by atoms with van der Waals surface area (Å²) in [5, 5.41) is 3.25. The molecule has 0 aliphatic rings. The molecule has 31 heavy (non-hydrogen) atoms. The Morgan fingerprint density at radius 2 is 2.03 bits per heavy atom. The van der Waals surface area contributed by atoms with E-state index in [1.54, 1.807) is 25.1 Å². The van der Waals surface area contributed by atoms with Crippen molar-refractivity contribution in [1.82, 2.24) is 9.29 Å². The number of sulfonamides is 1. The molecule has 0 unspecified atom stereocenters. The van der Waals surface area contributed by atoms with Crippen molar-refractivity contribution in [2.75, 3.05) is 17.3 Å². The van der Waals surface area contributed by atoms with Crippen molar-refractivity contribution in [3.05, 3.63) is 57.5 Å². The number of nitrogens with zero attached hydrogens (tertiary/aromatic N) is 1. The molecule has 1 heterocycles. The molecule has 1 aromatic heterocycles. The van der Waals surface area contributed by atoms with Gasteiger partial charge in [0.2, 0.25) is 15.9 Å². The van der Waals surface area contributed by atoms with E-state index in [9.17, 15) is 18.0 Å². The molecule has 11 heteroatoms. The smallest absolute Gasteiger partial charge is 0.408 e. The summed E-state index contributed by atoms with van der Waals surface area (Å²) in [6, 6.07) is 8.22. The zero-order valence-electron chi connectivity index (χ0n) is 17.1. The van der Waals surface area contributed by atoms with Crippen LogP contribution in [0.15, 0.2) is 50.5 Å². The summed E-state index contributed by atoms with van der Waals surface area (Å²) in [7, 11) is -2.53. The lowest BCUT2D eigenvalue weighted by atomic mass is 10.1. The minimum atomic E-state index is -4.06. The molecular formula is C20H22ClN3O5S2. The van der Waals surface area contributed by atoms with E-state index < -0.39 is 27.7 Å². The van der Waals surface area contributed by atoms with Crippen LogP contribution in [-0.4, -0.2) is 36.9 Å². The second kappa shape index (κ2) is 9.47. The first kappa shape index (κ1) is 23.4. The Morgan fingerprint density at radius 3 is 2.74 bits per heavy atom. The highest BCUT2D eigenvalue weighted by Crippen LogP contribution is 2.24. The third-order valence-electron chi connectivity index (χ3n) is 4.82. The van der Waals surface area contributed by atoms with Crippen LogP contribution in [0, 0.1) is 6.92 Å². The van der Waals surface area contributed by atoms with Gasteiger partial charge >= 0.3 is 5.76 Å². The Hall–Kier alpha value is -2.27. The summed E-state index contributed by atoms with van der Waals surface area (Å²) >= 11 is 7.61. The van der Waals surface area contributed by atoms with E-state index in [0.29, 0.717) is 27.5 Å². The predicted molar refractivity (Wildman–Crippen MR) is 123 cm³/mol. The SMILES string of the molecule is CSCC[C@H](NS(=O)(=O)c1ccc2c(c1)oc(=O)n2C)C(=O)Nc1cccc(Cl)c1C.